The van der Waals surface area contributed by atoms with Gasteiger partial charge in [0.15, 0.2) is 0 Å². The summed E-state index contributed by atoms with van der Waals surface area (Å²) in [4.78, 5) is 26.9. The average Bonchev–Trinajstić information content (AvgIpc) is 2.97. The monoisotopic (exact) mass is 339 g/mol. The van der Waals surface area contributed by atoms with E-state index in [1.54, 1.807) is 0 Å². The van der Waals surface area contributed by atoms with Gasteiger partial charge < -0.3 is 9.47 Å². The number of hydrogen-bond acceptors (Lipinski definition) is 5. The van der Waals surface area contributed by atoms with E-state index in [9.17, 15) is 9.59 Å². The molecule has 0 aromatic heterocycles. The normalized spacial score (nSPS) is 33.1. The summed E-state index contributed by atoms with van der Waals surface area (Å²) < 4.78 is 10.3. The number of nitrogens with zero attached hydrogens (tertiary/aromatic N) is 1. The van der Waals surface area contributed by atoms with Crippen LogP contribution in [0.1, 0.15) is 65.7 Å². The fraction of sp³-hybridized carbons (Fsp3) is 0.895. The van der Waals surface area contributed by atoms with Crippen LogP contribution >= 0.6 is 0 Å². The van der Waals surface area contributed by atoms with E-state index < -0.39 is 0 Å². The van der Waals surface area contributed by atoms with Crippen LogP contribution in [-0.2, 0) is 19.1 Å². The molecule has 5 heteroatoms. The average molecular weight is 339 g/mol. The molecule has 2 rings (SSSR count). The molecule has 0 saturated carbocycles. The van der Waals surface area contributed by atoms with E-state index in [0.717, 1.165) is 38.5 Å². The van der Waals surface area contributed by atoms with Crippen molar-refractivity contribution in [2.45, 2.75) is 83.8 Å². The van der Waals surface area contributed by atoms with Crippen molar-refractivity contribution in [1.29, 1.82) is 0 Å². The first-order chi connectivity index (χ1) is 11.6. The maximum Gasteiger partial charge on any atom is 0.323 e. The number of fused-ring (bicyclic) bond motifs is 1. The zero-order chi connectivity index (χ0) is 17.7. The molecule has 5 nitrogen and oxygen atoms in total. The molecule has 0 radical (unpaired) electrons. The van der Waals surface area contributed by atoms with Crippen LogP contribution in [0.3, 0.4) is 0 Å². The van der Waals surface area contributed by atoms with E-state index in [2.05, 4.69) is 18.7 Å². The third-order valence-electron chi connectivity index (χ3n) is 5.85. The number of ether oxygens (including phenoxy) is 2. The van der Waals surface area contributed by atoms with Crippen molar-refractivity contribution in [3.63, 3.8) is 0 Å². The summed E-state index contributed by atoms with van der Waals surface area (Å²) >= 11 is 0. The first-order valence-corrected chi connectivity index (χ1v) is 9.58. The van der Waals surface area contributed by atoms with Crippen LogP contribution in [-0.4, -0.2) is 48.7 Å². The van der Waals surface area contributed by atoms with E-state index in [0.29, 0.717) is 30.9 Å². The number of rotatable bonds is 7. The Bertz CT molecular complexity index is 439. The van der Waals surface area contributed by atoms with Crippen LogP contribution < -0.4 is 0 Å². The molecule has 0 unspecified atom stereocenters. The van der Waals surface area contributed by atoms with Crippen molar-refractivity contribution < 1.29 is 19.1 Å². The molecule has 2 saturated heterocycles. The highest BCUT2D eigenvalue weighted by Gasteiger charge is 2.51. The molecule has 0 N–H and O–H groups in total. The number of carbonyl (C=O) groups excluding carboxylic acids is 2. The Morgan fingerprint density at radius 2 is 1.88 bits per heavy atom. The van der Waals surface area contributed by atoms with Crippen molar-refractivity contribution in [3.05, 3.63) is 0 Å². The predicted molar refractivity (Wildman–Crippen MR) is 92.5 cm³/mol. The smallest absolute Gasteiger partial charge is 0.323 e. The fourth-order valence-corrected chi connectivity index (χ4v) is 4.90. The van der Waals surface area contributed by atoms with Crippen molar-refractivity contribution >= 4 is 11.9 Å². The van der Waals surface area contributed by atoms with Crippen molar-refractivity contribution in [3.8, 4) is 0 Å². The zero-order valence-corrected chi connectivity index (χ0v) is 15.6. The summed E-state index contributed by atoms with van der Waals surface area (Å²) in [6.07, 6.45) is 6.73. The second kappa shape index (κ2) is 8.84. The molecule has 2 heterocycles. The van der Waals surface area contributed by atoms with E-state index in [1.807, 2.05) is 6.92 Å². The lowest BCUT2D eigenvalue weighted by atomic mass is 9.75. The third kappa shape index (κ3) is 3.93. The topological polar surface area (TPSA) is 55.8 Å². The molecular weight excluding hydrogens is 306 g/mol. The lowest BCUT2D eigenvalue weighted by Crippen LogP contribution is -2.58. The third-order valence-corrected chi connectivity index (χ3v) is 5.85. The standard InChI is InChI=1S/C19H33NO4/c1-5-8-14-11-13(6-2)16-10-9-15(12-17(21)24-7-3)20(16)18(14)19(22)23-4/h13-16,18H,5-12H2,1-4H3/t13-,14-,15+,16+,18+/m1/s1. The molecule has 0 amide bonds. The van der Waals surface area contributed by atoms with Crippen LogP contribution in [0.25, 0.3) is 0 Å². The largest absolute Gasteiger partial charge is 0.468 e. The van der Waals surface area contributed by atoms with Gasteiger partial charge in [-0.1, -0.05) is 26.7 Å². The van der Waals surface area contributed by atoms with Gasteiger partial charge >= 0.3 is 11.9 Å². The highest BCUT2D eigenvalue weighted by molar-refractivity contribution is 5.77. The minimum atomic E-state index is -0.204. The summed E-state index contributed by atoms with van der Waals surface area (Å²) in [7, 11) is 1.47. The number of hydrogen-bond donors (Lipinski definition) is 0. The molecule has 5 atom stereocenters. The lowest BCUT2D eigenvalue weighted by molar-refractivity contribution is -0.158. The van der Waals surface area contributed by atoms with E-state index in [1.165, 1.54) is 7.11 Å². The zero-order valence-electron chi connectivity index (χ0n) is 15.6. The summed E-state index contributed by atoms with van der Waals surface area (Å²) in [5, 5.41) is 0. The number of carbonyl (C=O) groups is 2. The first-order valence-electron chi connectivity index (χ1n) is 9.58. The van der Waals surface area contributed by atoms with Crippen molar-refractivity contribution in [2.24, 2.45) is 11.8 Å². The Labute approximate surface area is 146 Å². The Morgan fingerprint density at radius 3 is 2.46 bits per heavy atom. The Hall–Kier alpha value is -1.10. The van der Waals surface area contributed by atoms with Gasteiger partial charge in [0.2, 0.25) is 0 Å². The Kier molecular flexibility index (Phi) is 7.08. The second-order valence-electron chi connectivity index (χ2n) is 7.18. The maximum atomic E-state index is 12.6. The van der Waals surface area contributed by atoms with E-state index >= 15 is 0 Å². The van der Waals surface area contributed by atoms with Crippen LogP contribution in [0.5, 0.6) is 0 Å². The molecule has 138 valence electrons. The molecule has 2 fully saturated rings. The predicted octanol–water partition coefficient (Wildman–Crippen LogP) is 3.16. The molecule has 2 aliphatic rings. The van der Waals surface area contributed by atoms with Gasteiger partial charge in [-0.15, -0.1) is 0 Å². The highest BCUT2D eigenvalue weighted by atomic mass is 16.5. The number of methoxy groups -OCH3 is 1. The lowest BCUT2D eigenvalue weighted by Gasteiger charge is -2.48. The van der Waals surface area contributed by atoms with Crippen LogP contribution in [0.2, 0.25) is 0 Å². The van der Waals surface area contributed by atoms with Crippen molar-refractivity contribution in [1.82, 2.24) is 4.90 Å². The molecule has 0 aliphatic carbocycles. The van der Waals surface area contributed by atoms with Gasteiger partial charge in [-0.05, 0) is 44.4 Å². The van der Waals surface area contributed by atoms with Gasteiger partial charge in [0.05, 0.1) is 20.1 Å². The Morgan fingerprint density at radius 1 is 1.12 bits per heavy atom. The first kappa shape index (κ1) is 19.2. The van der Waals surface area contributed by atoms with E-state index in [-0.39, 0.29) is 24.0 Å². The second-order valence-corrected chi connectivity index (χ2v) is 7.18. The minimum absolute atomic E-state index is 0.104. The summed E-state index contributed by atoms with van der Waals surface area (Å²) in [6.45, 7) is 6.65. The SMILES string of the molecule is CCC[C@@H]1C[C@@H](CC)[C@@H]2CC[C@@H](CC(=O)OCC)N2[C@@H]1C(=O)OC. The fourth-order valence-electron chi connectivity index (χ4n) is 4.90. The maximum absolute atomic E-state index is 12.6. The van der Waals surface area contributed by atoms with E-state index in [4.69, 9.17) is 9.47 Å². The molecule has 0 aromatic rings. The highest BCUT2D eigenvalue weighted by Crippen LogP contribution is 2.45. The van der Waals surface area contributed by atoms with Gasteiger partial charge in [-0.3, -0.25) is 14.5 Å². The molecule has 2 aliphatic heterocycles. The van der Waals surface area contributed by atoms with Gasteiger partial charge in [0.25, 0.3) is 0 Å². The molecular formula is C19H33NO4. The summed E-state index contributed by atoms with van der Waals surface area (Å²) in [5.74, 6) is 0.641. The molecule has 24 heavy (non-hydrogen) atoms. The summed E-state index contributed by atoms with van der Waals surface area (Å²) in [5.41, 5.74) is 0. The number of esters is 2. The number of piperidine rings is 1. The molecule has 0 spiro atoms. The molecule has 0 bridgehead atoms. The van der Waals surface area contributed by atoms with Gasteiger partial charge in [-0.2, -0.15) is 0 Å². The van der Waals surface area contributed by atoms with Crippen LogP contribution in [0.15, 0.2) is 0 Å². The quantitative estimate of drug-likeness (QED) is 0.667. The summed E-state index contributed by atoms with van der Waals surface area (Å²) in [6, 6.07) is 0.295. The van der Waals surface area contributed by atoms with Crippen molar-refractivity contribution in [2.75, 3.05) is 13.7 Å². The van der Waals surface area contributed by atoms with Gasteiger partial charge in [0, 0.05) is 12.1 Å². The van der Waals surface area contributed by atoms with Gasteiger partial charge in [0.1, 0.15) is 6.04 Å². The molecule has 0 aromatic carbocycles. The van der Waals surface area contributed by atoms with Gasteiger partial charge in [-0.25, -0.2) is 0 Å². The van der Waals surface area contributed by atoms with Crippen LogP contribution in [0.4, 0.5) is 0 Å². The minimum Gasteiger partial charge on any atom is -0.468 e. The Balaban J connectivity index is 2.25. The van der Waals surface area contributed by atoms with Crippen LogP contribution in [0, 0.1) is 11.8 Å².